The Morgan fingerprint density at radius 1 is 0.977 bits per heavy atom. The van der Waals surface area contributed by atoms with E-state index in [4.69, 9.17) is 16.3 Å². The minimum atomic E-state index is -0.0771. The van der Waals surface area contributed by atoms with Crippen LogP contribution in [-0.2, 0) is 13.1 Å². The van der Waals surface area contributed by atoms with Crippen LogP contribution in [-0.4, -0.2) is 46.9 Å². The number of Topliss-reactive ketones (excluding diaryl/α,β-unsaturated/α-hetero) is 1. The van der Waals surface area contributed by atoms with Crippen molar-refractivity contribution in [3.8, 4) is 5.75 Å². The van der Waals surface area contributed by atoms with Crippen molar-refractivity contribution in [1.82, 2.24) is 14.8 Å². The molecule has 1 N–H and O–H groups in total. The Labute approximate surface area is 259 Å². The Morgan fingerprint density at radius 3 is 2.44 bits per heavy atom. The summed E-state index contributed by atoms with van der Waals surface area (Å²) in [4.78, 5) is 28.9. The van der Waals surface area contributed by atoms with Gasteiger partial charge < -0.3 is 14.6 Å². The van der Waals surface area contributed by atoms with E-state index in [0.717, 1.165) is 60.1 Å². The van der Waals surface area contributed by atoms with Crippen LogP contribution in [0, 0.1) is 12.8 Å². The van der Waals surface area contributed by atoms with Gasteiger partial charge in [-0.25, -0.2) is 0 Å². The standard InChI is InChI=1S/C36H40ClN3O3/c1-24-6-3-7-25(18-24)22-38-36(42)32-23-39(35-31(32)8-4-9-34(35)43-2)16-5-17-40-29-14-15-30(40)20-26(19-29)21-33(41)27-10-12-28(37)13-11-27/h3-4,6-13,18,23,26,29-30H,5,14-17,19-22H2,1-2H3,(H,38,42)/t26?,29-,30+. The minimum Gasteiger partial charge on any atom is -0.495 e. The largest absolute Gasteiger partial charge is 0.495 e. The Kier molecular flexibility index (Phi) is 8.87. The summed E-state index contributed by atoms with van der Waals surface area (Å²) in [5.74, 6) is 1.37. The highest BCUT2D eigenvalue weighted by Crippen LogP contribution is 2.40. The number of fused-ring (bicyclic) bond motifs is 3. The molecule has 1 aromatic heterocycles. The van der Waals surface area contributed by atoms with Gasteiger partial charge in [-0.05, 0) is 80.8 Å². The predicted molar refractivity (Wildman–Crippen MR) is 172 cm³/mol. The second kappa shape index (κ2) is 12.9. The van der Waals surface area contributed by atoms with Crippen LogP contribution in [0.3, 0.4) is 0 Å². The molecule has 3 aromatic carbocycles. The Balaban J connectivity index is 1.09. The molecule has 1 unspecified atom stereocenters. The summed E-state index contributed by atoms with van der Waals surface area (Å²) in [6.45, 7) is 4.36. The van der Waals surface area contributed by atoms with Crippen molar-refractivity contribution in [2.24, 2.45) is 5.92 Å². The third-order valence-electron chi connectivity index (χ3n) is 9.30. The van der Waals surface area contributed by atoms with Crippen LogP contribution in [0.1, 0.15) is 70.4 Å². The first-order valence-corrected chi connectivity index (χ1v) is 15.8. The van der Waals surface area contributed by atoms with E-state index in [-0.39, 0.29) is 11.7 Å². The lowest BCUT2D eigenvalue weighted by atomic mass is 9.85. The number of piperidine rings is 1. The maximum Gasteiger partial charge on any atom is 0.253 e. The number of aromatic nitrogens is 1. The van der Waals surface area contributed by atoms with Gasteiger partial charge in [0.1, 0.15) is 5.75 Å². The molecular weight excluding hydrogens is 558 g/mol. The quantitative estimate of drug-likeness (QED) is 0.182. The Hall–Kier alpha value is -3.61. The average Bonchev–Trinajstić information content (AvgIpc) is 3.49. The molecule has 0 spiro atoms. The maximum absolute atomic E-state index is 13.4. The number of nitrogens with one attached hydrogen (secondary N) is 1. The highest BCUT2D eigenvalue weighted by Gasteiger charge is 2.40. The van der Waals surface area contributed by atoms with Crippen LogP contribution in [0.15, 0.2) is 72.9 Å². The minimum absolute atomic E-state index is 0.0771. The summed E-state index contributed by atoms with van der Waals surface area (Å²) in [5.41, 5.74) is 4.66. The molecule has 0 radical (unpaired) electrons. The molecule has 6 nitrogen and oxygen atoms in total. The number of amides is 1. The number of halogens is 1. The Morgan fingerprint density at radius 2 is 1.72 bits per heavy atom. The molecule has 0 saturated carbocycles. The summed E-state index contributed by atoms with van der Waals surface area (Å²) in [7, 11) is 1.68. The van der Waals surface area contributed by atoms with E-state index in [0.29, 0.717) is 41.6 Å². The molecule has 43 heavy (non-hydrogen) atoms. The summed E-state index contributed by atoms with van der Waals surface area (Å²) in [5, 5.41) is 4.68. The van der Waals surface area contributed by atoms with Crippen molar-refractivity contribution in [3.05, 3.63) is 100 Å². The molecule has 2 aliphatic rings. The molecule has 4 aromatic rings. The monoisotopic (exact) mass is 597 g/mol. The molecule has 2 fully saturated rings. The number of carbonyl (C=O) groups excluding carboxylic acids is 2. The summed E-state index contributed by atoms with van der Waals surface area (Å²) >= 11 is 6.01. The second-order valence-electron chi connectivity index (χ2n) is 12.2. The molecule has 3 atom stereocenters. The van der Waals surface area contributed by atoms with E-state index >= 15 is 0 Å². The highest BCUT2D eigenvalue weighted by atomic mass is 35.5. The predicted octanol–water partition coefficient (Wildman–Crippen LogP) is 7.45. The van der Waals surface area contributed by atoms with Crippen LogP contribution < -0.4 is 10.1 Å². The van der Waals surface area contributed by atoms with Gasteiger partial charge >= 0.3 is 0 Å². The van der Waals surface area contributed by atoms with Crippen molar-refractivity contribution < 1.29 is 14.3 Å². The third-order valence-corrected chi connectivity index (χ3v) is 9.55. The van der Waals surface area contributed by atoms with Gasteiger partial charge in [-0.15, -0.1) is 0 Å². The fourth-order valence-corrected chi connectivity index (χ4v) is 7.43. The topological polar surface area (TPSA) is 63.6 Å². The molecule has 0 aliphatic carbocycles. The van der Waals surface area contributed by atoms with Crippen molar-refractivity contribution in [2.75, 3.05) is 13.7 Å². The fourth-order valence-electron chi connectivity index (χ4n) is 7.31. The van der Waals surface area contributed by atoms with Gasteiger partial charge in [-0.2, -0.15) is 0 Å². The molecule has 2 saturated heterocycles. The number of para-hydroxylation sites is 1. The SMILES string of the molecule is COc1cccc2c(C(=O)NCc3cccc(C)c3)cn(CCCN3[C@@H]4CC[C@H]3CC(CC(=O)c3ccc(Cl)cc3)C4)c12. The number of nitrogens with zero attached hydrogens (tertiary/aromatic N) is 2. The number of hydrogen-bond donors (Lipinski definition) is 1. The van der Waals surface area contributed by atoms with Crippen LogP contribution >= 0.6 is 11.6 Å². The van der Waals surface area contributed by atoms with Crippen molar-refractivity contribution in [1.29, 1.82) is 0 Å². The molecule has 2 aliphatic heterocycles. The van der Waals surface area contributed by atoms with E-state index in [9.17, 15) is 9.59 Å². The van der Waals surface area contributed by atoms with Gasteiger partial charge in [-0.1, -0.05) is 53.6 Å². The van der Waals surface area contributed by atoms with Crippen LogP contribution in [0.4, 0.5) is 0 Å². The van der Waals surface area contributed by atoms with Gasteiger partial charge in [0.25, 0.3) is 5.91 Å². The highest BCUT2D eigenvalue weighted by molar-refractivity contribution is 6.30. The lowest BCUT2D eigenvalue weighted by Crippen LogP contribution is -2.43. The molecule has 7 heteroatoms. The molecule has 1 amide bonds. The number of ether oxygens (including phenoxy) is 1. The van der Waals surface area contributed by atoms with Crippen molar-refractivity contribution in [2.45, 2.75) is 70.6 Å². The summed E-state index contributed by atoms with van der Waals surface area (Å²) in [6, 6.07) is 22.5. The third kappa shape index (κ3) is 6.51. The lowest BCUT2D eigenvalue weighted by Gasteiger charge is -2.39. The lowest BCUT2D eigenvalue weighted by molar-refractivity contribution is 0.0807. The van der Waals surface area contributed by atoms with Gasteiger partial charge in [-0.3, -0.25) is 14.5 Å². The maximum atomic E-state index is 13.4. The van der Waals surface area contributed by atoms with Gasteiger partial charge in [0.15, 0.2) is 5.78 Å². The fraction of sp³-hybridized carbons (Fsp3) is 0.389. The first kappa shape index (κ1) is 29.5. The van der Waals surface area contributed by atoms with Gasteiger partial charge in [0, 0.05) is 60.3 Å². The molecular formula is C36H40ClN3O3. The number of hydrogen-bond acceptors (Lipinski definition) is 4. The van der Waals surface area contributed by atoms with E-state index in [1.807, 2.05) is 48.7 Å². The van der Waals surface area contributed by atoms with Gasteiger partial charge in [0.05, 0.1) is 18.2 Å². The number of carbonyl (C=O) groups is 2. The zero-order valence-electron chi connectivity index (χ0n) is 25.0. The number of aryl methyl sites for hydroxylation is 2. The van der Waals surface area contributed by atoms with Crippen LogP contribution in [0.2, 0.25) is 5.02 Å². The van der Waals surface area contributed by atoms with E-state index in [1.54, 1.807) is 19.2 Å². The van der Waals surface area contributed by atoms with E-state index < -0.39 is 0 Å². The Bertz CT molecular complexity index is 1600. The number of methoxy groups -OCH3 is 1. The van der Waals surface area contributed by atoms with Crippen LogP contribution in [0.25, 0.3) is 10.9 Å². The molecule has 224 valence electrons. The zero-order valence-corrected chi connectivity index (χ0v) is 25.8. The summed E-state index contributed by atoms with van der Waals surface area (Å²) in [6.07, 6.45) is 8.17. The molecule has 2 bridgehead atoms. The summed E-state index contributed by atoms with van der Waals surface area (Å²) < 4.78 is 7.92. The molecule has 3 heterocycles. The average molecular weight is 598 g/mol. The van der Waals surface area contributed by atoms with Crippen molar-refractivity contribution in [3.63, 3.8) is 0 Å². The first-order chi connectivity index (χ1) is 20.9. The van der Waals surface area contributed by atoms with E-state index in [2.05, 4.69) is 33.8 Å². The van der Waals surface area contributed by atoms with Crippen LogP contribution in [0.5, 0.6) is 5.75 Å². The number of benzene rings is 3. The molecule has 6 rings (SSSR count). The number of ketones is 1. The first-order valence-electron chi connectivity index (χ1n) is 15.4. The smallest absolute Gasteiger partial charge is 0.253 e. The van der Waals surface area contributed by atoms with E-state index in [1.165, 1.54) is 18.4 Å². The van der Waals surface area contributed by atoms with Crippen molar-refractivity contribution >= 4 is 34.2 Å². The zero-order chi connectivity index (χ0) is 29.9. The normalized spacial score (nSPS) is 19.9. The number of rotatable bonds is 11. The second-order valence-corrected chi connectivity index (χ2v) is 12.6. The van der Waals surface area contributed by atoms with Gasteiger partial charge in [0.2, 0.25) is 0 Å².